The van der Waals surface area contributed by atoms with Gasteiger partial charge < -0.3 is 14.4 Å². The van der Waals surface area contributed by atoms with Crippen LogP contribution in [0.3, 0.4) is 0 Å². The van der Waals surface area contributed by atoms with E-state index in [1.54, 1.807) is 38.5 Å². The van der Waals surface area contributed by atoms with Gasteiger partial charge in [-0.15, -0.1) is 0 Å². The van der Waals surface area contributed by atoms with Crippen LogP contribution in [0.2, 0.25) is 0 Å². The molecule has 3 rings (SSSR count). The van der Waals surface area contributed by atoms with E-state index >= 15 is 0 Å². The Balaban J connectivity index is 1.46. The average molecular weight is 382 g/mol. The van der Waals surface area contributed by atoms with E-state index in [1.165, 1.54) is 0 Å². The van der Waals surface area contributed by atoms with Crippen molar-refractivity contribution in [2.75, 3.05) is 46.9 Å². The zero-order valence-corrected chi connectivity index (χ0v) is 16.4. The fourth-order valence-corrected chi connectivity index (χ4v) is 3.26. The highest BCUT2D eigenvalue weighted by Gasteiger charge is 2.22. The summed E-state index contributed by atoms with van der Waals surface area (Å²) in [4.78, 5) is 29.0. The highest BCUT2D eigenvalue weighted by molar-refractivity contribution is 5.97. The Kier molecular flexibility index (Phi) is 6.66. The number of hydrogen-bond acceptors (Lipinski definition) is 5. The van der Waals surface area contributed by atoms with Gasteiger partial charge in [-0.3, -0.25) is 14.5 Å². The van der Waals surface area contributed by atoms with Gasteiger partial charge in [-0.25, -0.2) is 0 Å². The highest BCUT2D eigenvalue weighted by atomic mass is 16.5. The Labute approximate surface area is 165 Å². The topological polar surface area (TPSA) is 59.1 Å². The maximum Gasteiger partial charge on any atom is 0.227 e. The standard InChI is InChI=1S/C22H26N2O4/c1-27-19-7-3-17(4-8-19)15-22(26)24-13-11-23(12-14-24)16-21(25)18-5-9-20(28-2)10-6-18/h3-10H,11-16H2,1-2H3. The molecular formula is C22H26N2O4. The molecule has 2 aromatic carbocycles. The van der Waals surface area contributed by atoms with Crippen molar-refractivity contribution in [2.45, 2.75) is 6.42 Å². The first-order valence-electron chi connectivity index (χ1n) is 9.39. The summed E-state index contributed by atoms with van der Waals surface area (Å²) < 4.78 is 10.3. The minimum Gasteiger partial charge on any atom is -0.497 e. The fraction of sp³-hybridized carbons (Fsp3) is 0.364. The summed E-state index contributed by atoms with van der Waals surface area (Å²) in [6.45, 7) is 3.06. The second-order valence-electron chi connectivity index (χ2n) is 6.83. The zero-order valence-electron chi connectivity index (χ0n) is 16.4. The largest absolute Gasteiger partial charge is 0.497 e. The van der Waals surface area contributed by atoms with Crippen LogP contribution in [0.5, 0.6) is 11.5 Å². The van der Waals surface area contributed by atoms with E-state index < -0.39 is 0 Å². The SMILES string of the molecule is COc1ccc(CC(=O)N2CCN(CC(=O)c3ccc(OC)cc3)CC2)cc1. The van der Waals surface area contributed by atoms with Crippen molar-refractivity contribution in [3.63, 3.8) is 0 Å². The molecule has 1 amide bonds. The van der Waals surface area contributed by atoms with E-state index in [4.69, 9.17) is 9.47 Å². The van der Waals surface area contributed by atoms with Crippen LogP contribution in [-0.2, 0) is 11.2 Å². The number of carbonyl (C=O) groups excluding carboxylic acids is 2. The van der Waals surface area contributed by atoms with E-state index in [-0.39, 0.29) is 11.7 Å². The number of rotatable bonds is 7. The summed E-state index contributed by atoms with van der Waals surface area (Å²) in [6, 6.07) is 14.7. The number of nitrogens with zero attached hydrogens (tertiary/aromatic N) is 2. The molecule has 0 spiro atoms. The lowest BCUT2D eigenvalue weighted by Gasteiger charge is -2.34. The van der Waals surface area contributed by atoms with Crippen molar-refractivity contribution in [2.24, 2.45) is 0 Å². The number of methoxy groups -OCH3 is 2. The molecule has 1 heterocycles. The number of amides is 1. The Morgan fingerprint density at radius 3 is 1.89 bits per heavy atom. The van der Waals surface area contributed by atoms with Gasteiger partial charge >= 0.3 is 0 Å². The van der Waals surface area contributed by atoms with Gasteiger partial charge in [-0.2, -0.15) is 0 Å². The summed E-state index contributed by atoms with van der Waals surface area (Å²) >= 11 is 0. The zero-order chi connectivity index (χ0) is 19.9. The van der Waals surface area contributed by atoms with E-state index in [2.05, 4.69) is 4.90 Å². The van der Waals surface area contributed by atoms with Gasteiger partial charge in [0.1, 0.15) is 11.5 Å². The Bertz CT molecular complexity index is 794. The molecule has 0 N–H and O–H groups in total. The van der Waals surface area contributed by atoms with E-state index in [0.29, 0.717) is 44.7 Å². The summed E-state index contributed by atoms with van der Waals surface area (Å²) in [7, 11) is 3.23. The minimum absolute atomic E-state index is 0.0839. The maximum absolute atomic E-state index is 12.5. The second-order valence-corrected chi connectivity index (χ2v) is 6.83. The van der Waals surface area contributed by atoms with Crippen molar-refractivity contribution >= 4 is 11.7 Å². The van der Waals surface area contributed by atoms with Crippen molar-refractivity contribution in [1.29, 1.82) is 0 Å². The highest BCUT2D eigenvalue weighted by Crippen LogP contribution is 2.14. The Hall–Kier alpha value is -2.86. The molecule has 0 atom stereocenters. The van der Waals surface area contributed by atoms with Gasteiger partial charge in [0.05, 0.1) is 27.2 Å². The molecule has 0 saturated carbocycles. The predicted octanol–water partition coefficient (Wildman–Crippen LogP) is 2.27. The molecule has 6 heteroatoms. The van der Waals surface area contributed by atoms with Crippen LogP contribution in [0.4, 0.5) is 0 Å². The third-order valence-corrected chi connectivity index (χ3v) is 5.02. The van der Waals surface area contributed by atoms with Crippen molar-refractivity contribution in [3.05, 3.63) is 59.7 Å². The fourth-order valence-electron chi connectivity index (χ4n) is 3.26. The van der Waals surface area contributed by atoms with Crippen molar-refractivity contribution < 1.29 is 19.1 Å². The number of carbonyl (C=O) groups is 2. The van der Waals surface area contributed by atoms with Gasteiger partial charge in [0.25, 0.3) is 0 Å². The Morgan fingerprint density at radius 1 is 0.821 bits per heavy atom. The van der Waals surface area contributed by atoms with Gasteiger partial charge in [0.2, 0.25) is 5.91 Å². The third kappa shape index (κ3) is 5.10. The number of piperazine rings is 1. The van der Waals surface area contributed by atoms with Crippen LogP contribution >= 0.6 is 0 Å². The first kappa shape index (κ1) is 19.9. The molecule has 0 radical (unpaired) electrons. The van der Waals surface area contributed by atoms with Gasteiger partial charge in [-0.1, -0.05) is 12.1 Å². The lowest BCUT2D eigenvalue weighted by molar-refractivity contribution is -0.132. The first-order valence-corrected chi connectivity index (χ1v) is 9.39. The quantitative estimate of drug-likeness (QED) is 0.688. The Morgan fingerprint density at radius 2 is 1.36 bits per heavy atom. The van der Waals surface area contributed by atoms with Crippen LogP contribution < -0.4 is 9.47 Å². The van der Waals surface area contributed by atoms with Crippen LogP contribution in [0, 0.1) is 0 Å². The molecular weight excluding hydrogens is 356 g/mol. The molecule has 0 unspecified atom stereocenters. The molecule has 6 nitrogen and oxygen atoms in total. The van der Waals surface area contributed by atoms with Crippen LogP contribution in [0.25, 0.3) is 0 Å². The number of hydrogen-bond donors (Lipinski definition) is 0. The number of ether oxygens (including phenoxy) is 2. The van der Waals surface area contributed by atoms with Gasteiger partial charge in [-0.05, 0) is 42.0 Å². The third-order valence-electron chi connectivity index (χ3n) is 5.02. The summed E-state index contributed by atoms with van der Waals surface area (Å²) in [5.41, 5.74) is 1.65. The van der Waals surface area contributed by atoms with Crippen molar-refractivity contribution in [3.8, 4) is 11.5 Å². The number of ketones is 1. The molecule has 0 aromatic heterocycles. The predicted molar refractivity (Wildman–Crippen MR) is 107 cm³/mol. The molecule has 1 fully saturated rings. The van der Waals surface area contributed by atoms with E-state index in [1.807, 2.05) is 29.2 Å². The molecule has 28 heavy (non-hydrogen) atoms. The lowest BCUT2D eigenvalue weighted by atomic mass is 10.1. The number of Topliss-reactive ketones (excluding diaryl/α,β-unsaturated/α-hetero) is 1. The molecule has 148 valence electrons. The average Bonchev–Trinajstić information content (AvgIpc) is 2.74. The normalized spacial score (nSPS) is 14.6. The molecule has 1 aliphatic rings. The summed E-state index contributed by atoms with van der Waals surface area (Å²) in [6.07, 6.45) is 0.384. The van der Waals surface area contributed by atoms with Crippen LogP contribution in [-0.4, -0.2) is 68.4 Å². The monoisotopic (exact) mass is 382 g/mol. The molecule has 2 aromatic rings. The van der Waals surface area contributed by atoms with Gasteiger partial charge in [0, 0.05) is 31.7 Å². The van der Waals surface area contributed by atoms with E-state index in [0.717, 1.165) is 17.1 Å². The molecule has 0 aliphatic carbocycles. The van der Waals surface area contributed by atoms with Crippen molar-refractivity contribution in [1.82, 2.24) is 9.80 Å². The maximum atomic E-state index is 12.5. The minimum atomic E-state index is 0.0839. The van der Waals surface area contributed by atoms with Gasteiger partial charge in [0.15, 0.2) is 5.78 Å². The van der Waals surface area contributed by atoms with Crippen LogP contribution in [0.15, 0.2) is 48.5 Å². The first-order chi connectivity index (χ1) is 13.6. The smallest absolute Gasteiger partial charge is 0.227 e. The molecule has 1 aliphatic heterocycles. The lowest BCUT2D eigenvalue weighted by Crippen LogP contribution is -2.50. The number of benzene rings is 2. The summed E-state index contributed by atoms with van der Waals surface area (Å²) in [5, 5.41) is 0. The van der Waals surface area contributed by atoms with E-state index in [9.17, 15) is 9.59 Å². The van der Waals surface area contributed by atoms with Crippen LogP contribution in [0.1, 0.15) is 15.9 Å². The second kappa shape index (κ2) is 9.37. The molecule has 0 bridgehead atoms. The molecule has 1 saturated heterocycles. The summed E-state index contributed by atoms with van der Waals surface area (Å²) in [5.74, 6) is 1.72.